The van der Waals surface area contributed by atoms with Crippen molar-refractivity contribution in [2.75, 3.05) is 0 Å². The Morgan fingerprint density at radius 2 is 1.72 bits per heavy atom. The number of hydrogen-bond donors (Lipinski definition) is 1. The van der Waals surface area contributed by atoms with Gasteiger partial charge < -0.3 is 5.11 Å². The van der Waals surface area contributed by atoms with Crippen molar-refractivity contribution < 1.29 is 5.11 Å². The largest absolute Gasteiger partial charge is 0.389 e. The molecule has 0 aliphatic heterocycles. The van der Waals surface area contributed by atoms with Gasteiger partial charge in [-0.05, 0) is 44.1 Å². The minimum absolute atomic E-state index is 0.412. The van der Waals surface area contributed by atoms with Gasteiger partial charge in [-0.1, -0.05) is 49.6 Å². The molecule has 0 radical (unpaired) electrons. The van der Waals surface area contributed by atoms with Gasteiger partial charge in [0.2, 0.25) is 0 Å². The third-order valence-corrected chi connectivity index (χ3v) is 4.50. The normalized spacial score (nSPS) is 32.5. The van der Waals surface area contributed by atoms with Crippen molar-refractivity contribution in [3.8, 4) is 0 Å². The first-order valence-electron chi connectivity index (χ1n) is 7.18. The van der Waals surface area contributed by atoms with Gasteiger partial charge in [0.25, 0.3) is 0 Å². The SMILES string of the molecule is Cc1cc(C)cc(CC2(O)CC(C)CCC2C)c1. The summed E-state index contributed by atoms with van der Waals surface area (Å²) < 4.78 is 0. The van der Waals surface area contributed by atoms with E-state index < -0.39 is 5.60 Å². The summed E-state index contributed by atoms with van der Waals surface area (Å²) in [6, 6.07) is 6.63. The van der Waals surface area contributed by atoms with Crippen LogP contribution in [0.1, 0.15) is 49.8 Å². The predicted molar refractivity (Wildman–Crippen MR) is 76.7 cm³/mol. The van der Waals surface area contributed by atoms with Gasteiger partial charge in [0.15, 0.2) is 0 Å². The Labute approximate surface area is 111 Å². The van der Waals surface area contributed by atoms with E-state index in [1.54, 1.807) is 0 Å². The average molecular weight is 246 g/mol. The number of aryl methyl sites for hydroxylation is 2. The lowest BCUT2D eigenvalue weighted by Crippen LogP contribution is -2.43. The fourth-order valence-electron chi connectivity index (χ4n) is 3.48. The Balaban J connectivity index is 2.20. The lowest BCUT2D eigenvalue weighted by molar-refractivity contribution is -0.0560. The highest BCUT2D eigenvalue weighted by Gasteiger charge is 2.38. The summed E-state index contributed by atoms with van der Waals surface area (Å²) in [5.41, 5.74) is 3.38. The van der Waals surface area contributed by atoms with Crippen LogP contribution in [0.3, 0.4) is 0 Å². The van der Waals surface area contributed by atoms with E-state index in [-0.39, 0.29) is 0 Å². The lowest BCUT2D eigenvalue weighted by atomic mass is 9.69. The minimum Gasteiger partial charge on any atom is -0.389 e. The zero-order valence-corrected chi connectivity index (χ0v) is 12.2. The Morgan fingerprint density at radius 1 is 1.11 bits per heavy atom. The Morgan fingerprint density at radius 3 is 2.33 bits per heavy atom. The first-order chi connectivity index (χ1) is 8.39. The van der Waals surface area contributed by atoms with E-state index in [9.17, 15) is 5.11 Å². The summed E-state index contributed by atoms with van der Waals surface area (Å²) in [5, 5.41) is 10.9. The van der Waals surface area contributed by atoms with Gasteiger partial charge in [-0.15, -0.1) is 0 Å². The molecule has 2 rings (SSSR count). The van der Waals surface area contributed by atoms with Crippen LogP contribution in [0.5, 0.6) is 0 Å². The number of aliphatic hydroxyl groups is 1. The van der Waals surface area contributed by atoms with Gasteiger partial charge in [-0.3, -0.25) is 0 Å². The molecule has 0 bridgehead atoms. The van der Waals surface area contributed by atoms with Crippen LogP contribution in [0.4, 0.5) is 0 Å². The second kappa shape index (κ2) is 5.05. The van der Waals surface area contributed by atoms with Crippen molar-refractivity contribution in [1.82, 2.24) is 0 Å². The lowest BCUT2D eigenvalue weighted by Gasteiger charge is -2.41. The summed E-state index contributed by atoms with van der Waals surface area (Å²) in [4.78, 5) is 0. The molecule has 18 heavy (non-hydrogen) atoms. The third-order valence-electron chi connectivity index (χ3n) is 4.50. The van der Waals surface area contributed by atoms with Crippen molar-refractivity contribution in [3.05, 3.63) is 34.9 Å². The highest BCUT2D eigenvalue weighted by Crippen LogP contribution is 2.39. The summed E-state index contributed by atoms with van der Waals surface area (Å²) in [7, 11) is 0. The molecule has 100 valence electrons. The second-order valence-corrected chi connectivity index (χ2v) is 6.56. The summed E-state index contributed by atoms with van der Waals surface area (Å²) in [6.07, 6.45) is 4.17. The summed E-state index contributed by atoms with van der Waals surface area (Å²) in [5.74, 6) is 1.06. The van der Waals surface area contributed by atoms with Gasteiger partial charge in [-0.2, -0.15) is 0 Å². The molecule has 1 N–H and O–H groups in total. The van der Waals surface area contributed by atoms with E-state index in [0.717, 1.165) is 19.3 Å². The van der Waals surface area contributed by atoms with Crippen LogP contribution in [0.15, 0.2) is 18.2 Å². The smallest absolute Gasteiger partial charge is 0.0715 e. The molecular weight excluding hydrogens is 220 g/mol. The van der Waals surface area contributed by atoms with E-state index in [1.807, 2.05) is 0 Å². The van der Waals surface area contributed by atoms with Crippen LogP contribution in [0, 0.1) is 25.7 Å². The van der Waals surface area contributed by atoms with Crippen LogP contribution in [0.2, 0.25) is 0 Å². The van der Waals surface area contributed by atoms with Crippen molar-refractivity contribution in [1.29, 1.82) is 0 Å². The fourth-order valence-corrected chi connectivity index (χ4v) is 3.48. The molecule has 0 saturated heterocycles. The predicted octanol–water partition coefficient (Wildman–Crippen LogP) is 4.03. The van der Waals surface area contributed by atoms with Crippen LogP contribution < -0.4 is 0 Å². The Bertz CT molecular complexity index is 403. The van der Waals surface area contributed by atoms with Crippen LogP contribution >= 0.6 is 0 Å². The third kappa shape index (κ3) is 2.95. The highest BCUT2D eigenvalue weighted by molar-refractivity contribution is 5.29. The standard InChI is InChI=1S/C17H26O/c1-12-5-6-15(4)17(18,10-12)11-16-8-13(2)7-14(3)9-16/h7-9,12,15,18H,5-6,10-11H2,1-4H3. The molecule has 0 heterocycles. The van der Waals surface area contributed by atoms with Gasteiger partial charge in [0.1, 0.15) is 0 Å². The number of hydrogen-bond acceptors (Lipinski definition) is 1. The average Bonchev–Trinajstić information content (AvgIpc) is 2.22. The monoisotopic (exact) mass is 246 g/mol. The van der Waals surface area contributed by atoms with E-state index in [0.29, 0.717) is 11.8 Å². The summed E-state index contributed by atoms with van der Waals surface area (Å²) >= 11 is 0. The van der Waals surface area contributed by atoms with Crippen LogP contribution in [-0.4, -0.2) is 10.7 Å². The van der Waals surface area contributed by atoms with Gasteiger partial charge in [0.05, 0.1) is 5.60 Å². The minimum atomic E-state index is -0.502. The van der Waals surface area contributed by atoms with E-state index >= 15 is 0 Å². The molecule has 1 heteroatoms. The molecule has 0 amide bonds. The van der Waals surface area contributed by atoms with Gasteiger partial charge >= 0.3 is 0 Å². The summed E-state index contributed by atoms with van der Waals surface area (Å²) in [6.45, 7) is 8.73. The molecule has 1 aromatic rings. The van der Waals surface area contributed by atoms with Crippen LogP contribution in [-0.2, 0) is 6.42 Å². The fraction of sp³-hybridized carbons (Fsp3) is 0.647. The zero-order chi connectivity index (χ0) is 13.3. The molecule has 3 atom stereocenters. The molecule has 1 fully saturated rings. The van der Waals surface area contributed by atoms with E-state index in [4.69, 9.17) is 0 Å². The molecule has 1 aromatic carbocycles. The van der Waals surface area contributed by atoms with Gasteiger partial charge in [0, 0.05) is 6.42 Å². The van der Waals surface area contributed by atoms with Crippen molar-refractivity contribution in [3.63, 3.8) is 0 Å². The molecule has 1 saturated carbocycles. The number of benzene rings is 1. The van der Waals surface area contributed by atoms with Gasteiger partial charge in [-0.25, -0.2) is 0 Å². The quantitative estimate of drug-likeness (QED) is 0.835. The Kier molecular flexibility index (Phi) is 3.82. The first-order valence-corrected chi connectivity index (χ1v) is 7.18. The Hall–Kier alpha value is -0.820. The van der Waals surface area contributed by atoms with Crippen molar-refractivity contribution in [2.24, 2.45) is 11.8 Å². The molecule has 3 unspecified atom stereocenters. The molecule has 1 nitrogen and oxygen atoms in total. The maximum absolute atomic E-state index is 10.9. The molecule has 0 spiro atoms. The zero-order valence-electron chi connectivity index (χ0n) is 12.2. The molecule has 1 aliphatic carbocycles. The number of rotatable bonds is 2. The molecular formula is C17H26O. The molecule has 0 aromatic heterocycles. The van der Waals surface area contributed by atoms with E-state index in [1.165, 1.54) is 23.1 Å². The molecule has 1 aliphatic rings. The van der Waals surface area contributed by atoms with E-state index in [2.05, 4.69) is 45.9 Å². The second-order valence-electron chi connectivity index (χ2n) is 6.56. The first kappa shape index (κ1) is 13.6. The maximum atomic E-state index is 10.9. The van der Waals surface area contributed by atoms with Crippen molar-refractivity contribution >= 4 is 0 Å². The van der Waals surface area contributed by atoms with Crippen LogP contribution in [0.25, 0.3) is 0 Å². The highest BCUT2D eigenvalue weighted by atomic mass is 16.3. The maximum Gasteiger partial charge on any atom is 0.0715 e. The van der Waals surface area contributed by atoms with Crippen molar-refractivity contribution in [2.45, 2.75) is 59.0 Å². The topological polar surface area (TPSA) is 20.2 Å².